The van der Waals surface area contributed by atoms with Gasteiger partial charge in [-0.2, -0.15) is 0 Å². The molecule has 0 radical (unpaired) electrons. The van der Waals surface area contributed by atoms with Crippen molar-refractivity contribution in [2.45, 2.75) is 13.8 Å². The van der Waals surface area contributed by atoms with Crippen molar-refractivity contribution in [1.29, 1.82) is 0 Å². The van der Waals surface area contributed by atoms with Crippen LogP contribution in [0.5, 0.6) is 17.2 Å². The molecule has 0 aromatic heterocycles. The summed E-state index contributed by atoms with van der Waals surface area (Å²) in [7, 11) is 1.49. The molecule has 0 saturated carbocycles. The summed E-state index contributed by atoms with van der Waals surface area (Å²) in [4.78, 5) is 39.1. The Labute approximate surface area is 223 Å². The van der Waals surface area contributed by atoms with Crippen LogP contribution in [-0.4, -0.2) is 38.2 Å². The third-order valence-electron chi connectivity index (χ3n) is 5.54. The maximum atomic E-state index is 13.2. The zero-order chi connectivity index (χ0) is 26.5. The third kappa shape index (κ3) is 6.00. The average Bonchev–Trinajstić information content (AvgIpc) is 2.86. The number of amides is 4. The van der Waals surface area contributed by atoms with Gasteiger partial charge in [0.05, 0.1) is 17.3 Å². The molecule has 1 aliphatic rings. The predicted molar refractivity (Wildman–Crippen MR) is 143 cm³/mol. The number of aryl methyl sites for hydroxylation is 2. The van der Waals surface area contributed by atoms with Crippen LogP contribution in [0, 0.1) is 13.8 Å². The Morgan fingerprint density at radius 3 is 2.35 bits per heavy atom. The van der Waals surface area contributed by atoms with Crippen molar-refractivity contribution in [3.8, 4) is 17.2 Å². The SMILES string of the molecule is COc1cc(C=C2C(=O)NC(=O)N(c3cccc(C)c3)C2=O)cc(Br)c1OCCOc1ccc(C)cc1. The smallest absolute Gasteiger partial charge is 0.335 e. The highest BCUT2D eigenvalue weighted by atomic mass is 79.9. The molecule has 3 aromatic rings. The number of anilines is 1. The fourth-order valence-corrected chi connectivity index (χ4v) is 4.30. The molecule has 0 atom stereocenters. The van der Waals surface area contributed by atoms with Gasteiger partial charge in [-0.3, -0.25) is 14.9 Å². The topological polar surface area (TPSA) is 94.2 Å². The number of nitrogens with one attached hydrogen (secondary N) is 1. The Bertz CT molecular complexity index is 1380. The summed E-state index contributed by atoms with van der Waals surface area (Å²) < 4.78 is 17.6. The largest absolute Gasteiger partial charge is 0.493 e. The minimum absolute atomic E-state index is 0.185. The average molecular weight is 565 g/mol. The number of halogens is 1. The van der Waals surface area contributed by atoms with Gasteiger partial charge in [0.1, 0.15) is 24.5 Å². The summed E-state index contributed by atoms with van der Waals surface area (Å²) in [6.07, 6.45) is 1.41. The molecule has 8 nitrogen and oxygen atoms in total. The normalized spacial score (nSPS) is 14.5. The molecular weight excluding hydrogens is 540 g/mol. The molecule has 1 heterocycles. The van der Waals surface area contributed by atoms with Gasteiger partial charge < -0.3 is 14.2 Å². The molecule has 1 saturated heterocycles. The zero-order valence-electron chi connectivity index (χ0n) is 20.5. The van der Waals surface area contributed by atoms with Crippen LogP contribution in [0.2, 0.25) is 0 Å². The van der Waals surface area contributed by atoms with Crippen molar-refractivity contribution in [2.24, 2.45) is 0 Å². The predicted octanol–water partition coefficient (Wildman–Crippen LogP) is 5.20. The van der Waals surface area contributed by atoms with E-state index in [9.17, 15) is 14.4 Å². The van der Waals surface area contributed by atoms with E-state index in [2.05, 4.69) is 21.2 Å². The monoisotopic (exact) mass is 564 g/mol. The van der Waals surface area contributed by atoms with E-state index < -0.39 is 17.8 Å². The number of carbonyl (C=O) groups is 3. The highest BCUT2D eigenvalue weighted by molar-refractivity contribution is 9.10. The molecule has 3 aromatic carbocycles. The van der Waals surface area contributed by atoms with E-state index in [4.69, 9.17) is 14.2 Å². The number of ether oxygens (including phenoxy) is 3. The summed E-state index contributed by atoms with van der Waals surface area (Å²) in [5.41, 5.74) is 2.71. The fourth-order valence-electron chi connectivity index (χ4n) is 3.73. The van der Waals surface area contributed by atoms with Crippen LogP contribution in [0.4, 0.5) is 10.5 Å². The fraction of sp³-hybridized carbons (Fsp3) is 0.179. The van der Waals surface area contributed by atoms with Gasteiger partial charge in [-0.1, -0.05) is 29.8 Å². The molecule has 1 aliphatic heterocycles. The van der Waals surface area contributed by atoms with Crippen LogP contribution < -0.4 is 24.4 Å². The molecule has 1 fully saturated rings. The van der Waals surface area contributed by atoms with Crippen molar-refractivity contribution in [2.75, 3.05) is 25.2 Å². The second-order valence-corrected chi connectivity index (χ2v) is 9.20. The van der Waals surface area contributed by atoms with E-state index in [-0.39, 0.29) is 12.2 Å². The van der Waals surface area contributed by atoms with Gasteiger partial charge in [0.25, 0.3) is 11.8 Å². The van der Waals surface area contributed by atoms with E-state index >= 15 is 0 Å². The standard InChI is InChI=1S/C28H25BrN2O6/c1-17-7-9-21(10-8-17)36-11-12-37-25-23(29)15-19(16-24(25)35-3)14-22-26(32)30-28(34)31(27(22)33)20-6-4-5-18(2)13-20/h4-10,13-16H,11-12H2,1-3H3,(H,30,32,34). The van der Waals surface area contributed by atoms with Gasteiger partial charge in [0, 0.05) is 0 Å². The van der Waals surface area contributed by atoms with Gasteiger partial charge in [-0.15, -0.1) is 0 Å². The molecule has 1 N–H and O–H groups in total. The first-order valence-electron chi connectivity index (χ1n) is 11.4. The lowest BCUT2D eigenvalue weighted by atomic mass is 10.1. The van der Waals surface area contributed by atoms with E-state index in [1.807, 2.05) is 44.2 Å². The number of hydrogen-bond acceptors (Lipinski definition) is 6. The van der Waals surface area contributed by atoms with Gasteiger partial charge >= 0.3 is 6.03 Å². The highest BCUT2D eigenvalue weighted by Crippen LogP contribution is 2.37. The van der Waals surface area contributed by atoms with Crippen LogP contribution in [0.25, 0.3) is 6.08 Å². The lowest BCUT2D eigenvalue weighted by molar-refractivity contribution is -0.122. The molecule has 190 valence electrons. The first-order valence-corrected chi connectivity index (χ1v) is 12.2. The first-order chi connectivity index (χ1) is 17.8. The second-order valence-electron chi connectivity index (χ2n) is 8.34. The Kier molecular flexibility index (Phi) is 7.93. The molecular formula is C28H25BrN2O6. The number of benzene rings is 3. The molecule has 0 bridgehead atoms. The Morgan fingerprint density at radius 1 is 0.919 bits per heavy atom. The maximum absolute atomic E-state index is 13.2. The number of imide groups is 2. The van der Waals surface area contributed by atoms with Crippen molar-refractivity contribution >= 4 is 45.5 Å². The van der Waals surface area contributed by atoms with E-state index in [0.29, 0.717) is 33.8 Å². The number of urea groups is 1. The summed E-state index contributed by atoms with van der Waals surface area (Å²) in [5, 5.41) is 2.23. The Morgan fingerprint density at radius 2 is 1.65 bits per heavy atom. The van der Waals surface area contributed by atoms with Crippen LogP contribution in [0.1, 0.15) is 16.7 Å². The minimum Gasteiger partial charge on any atom is -0.493 e. The molecule has 4 rings (SSSR count). The number of methoxy groups -OCH3 is 1. The highest BCUT2D eigenvalue weighted by Gasteiger charge is 2.36. The van der Waals surface area contributed by atoms with Gasteiger partial charge in [-0.25, -0.2) is 9.69 Å². The van der Waals surface area contributed by atoms with Crippen molar-refractivity contribution < 1.29 is 28.6 Å². The van der Waals surface area contributed by atoms with Crippen molar-refractivity contribution in [1.82, 2.24) is 5.32 Å². The number of carbonyl (C=O) groups excluding carboxylic acids is 3. The lowest BCUT2D eigenvalue weighted by Gasteiger charge is -2.26. The molecule has 37 heavy (non-hydrogen) atoms. The lowest BCUT2D eigenvalue weighted by Crippen LogP contribution is -2.54. The quantitative estimate of drug-likeness (QED) is 0.229. The van der Waals surface area contributed by atoms with Crippen LogP contribution in [0.3, 0.4) is 0 Å². The van der Waals surface area contributed by atoms with Crippen molar-refractivity contribution in [3.63, 3.8) is 0 Å². The summed E-state index contributed by atoms with van der Waals surface area (Å²) in [6.45, 7) is 4.44. The van der Waals surface area contributed by atoms with Crippen molar-refractivity contribution in [3.05, 3.63) is 87.4 Å². The van der Waals surface area contributed by atoms with Crippen LogP contribution >= 0.6 is 15.9 Å². The Balaban J connectivity index is 1.53. The summed E-state index contributed by atoms with van der Waals surface area (Å²) in [6, 6.07) is 17.2. The number of rotatable bonds is 8. The van der Waals surface area contributed by atoms with E-state index in [1.54, 1.807) is 30.3 Å². The second kappa shape index (κ2) is 11.3. The Hall–Kier alpha value is -4.11. The van der Waals surface area contributed by atoms with Gasteiger partial charge in [0.15, 0.2) is 11.5 Å². The summed E-state index contributed by atoms with van der Waals surface area (Å²) in [5.74, 6) is 0.0985. The number of nitrogens with zero attached hydrogens (tertiary/aromatic N) is 1. The molecule has 4 amide bonds. The minimum atomic E-state index is -0.798. The maximum Gasteiger partial charge on any atom is 0.335 e. The number of barbiturate groups is 1. The number of hydrogen-bond donors (Lipinski definition) is 1. The van der Waals surface area contributed by atoms with E-state index in [0.717, 1.165) is 21.8 Å². The zero-order valence-corrected chi connectivity index (χ0v) is 22.1. The van der Waals surface area contributed by atoms with E-state index in [1.165, 1.54) is 13.2 Å². The summed E-state index contributed by atoms with van der Waals surface area (Å²) >= 11 is 3.48. The van der Waals surface area contributed by atoms with Crippen LogP contribution in [-0.2, 0) is 9.59 Å². The molecule has 0 unspecified atom stereocenters. The first kappa shape index (κ1) is 26.0. The molecule has 9 heteroatoms. The molecule has 0 spiro atoms. The molecule has 0 aliphatic carbocycles. The third-order valence-corrected chi connectivity index (χ3v) is 6.13. The van der Waals surface area contributed by atoms with Gasteiger partial charge in [0.2, 0.25) is 0 Å². The van der Waals surface area contributed by atoms with Gasteiger partial charge in [-0.05, 0) is 83.4 Å². The van der Waals surface area contributed by atoms with Crippen LogP contribution in [0.15, 0.2) is 70.7 Å².